The highest BCUT2D eigenvalue weighted by molar-refractivity contribution is 5.95. The summed E-state index contributed by atoms with van der Waals surface area (Å²) in [6, 6.07) is 0.388. The summed E-state index contributed by atoms with van der Waals surface area (Å²) >= 11 is 0. The van der Waals surface area contributed by atoms with E-state index in [2.05, 4.69) is 5.32 Å². The van der Waals surface area contributed by atoms with Crippen molar-refractivity contribution in [3.05, 3.63) is 29.1 Å². The molecule has 0 atom stereocenters. The number of aliphatic hydroxyl groups excluding tert-OH is 1. The van der Waals surface area contributed by atoms with Crippen LogP contribution in [0, 0.1) is 22.9 Å². The molecule has 0 aliphatic carbocycles. The maximum absolute atomic E-state index is 13.5. The van der Waals surface area contributed by atoms with Crippen LogP contribution >= 0.6 is 0 Å². The first-order chi connectivity index (χ1) is 9.19. The summed E-state index contributed by atoms with van der Waals surface area (Å²) in [6.45, 7) is 3.56. The molecule has 3 N–H and O–H groups in total. The van der Waals surface area contributed by atoms with Crippen LogP contribution in [0.1, 0.15) is 30.6 Å². The fraction of sp³-hybridized carbons (Fsp3) is 0.462. The molecular formula is C13H16F3NO3. The lowest BCUT2D eigenvalue weighted by molar-refractivity contribution is 0.0922. The third kappa shape index (κ3) is 3.63. The molecule has 112 valence electrons. The van der Waals surface area contributed by atoms with Crippen molar-refractivity contribution in [3.8, 4) is 5.75 Å². The van der Waals surface area contributed by atoms with Crippen molar-refractivity contribution in [2.75, 3.05) is 13.2 Å². The zero-order valence-corrected chi connectivity index (χ0v) is 11.1. The second kappa shape index (κ2) is 6.13. The topological polar surface area (TPSA) is 69.6 Å². The van der Waals surface area contributed by atoms with Gasteiger partial charge in [-0.15, -0.1) is 0 Å². The monoisotopic (exact) mass is 291 g/mol. The first-order valence-corrected chi connectivity index (χ1v) is 5.95. The lowest BCUT2D eigenvalue weighted by Gasteiger charge is -2.23. The van der Waals surface area contributed by atoms with Crippen LogP contribution in [0.15, 0.2) is 6.07 Å². The Hall–Kier alpha value is -1.76. The van der Waals surface area contributed by atoms with Crippen LogP contribution < -0.4 is 5.32 Å². The number of benzene rings is 1. The average Bonchev–Trinajstić information content (AvgIpc) is 2.38. The van der Waals surface area contributed by atoms with Gasteiger partial charge in [0.2, 0.25) is 5.82 Å². The number of amides is 1. The zero-order valence-electron chi connectivity index (χ0n) is 11.1. The number of carbonyl (C=O) groups is 1. The molecule has 0 aromatic heterocycles. The molecule has 0 aliphatic rings. The fourth-order valence-electron chi connectivity index (χ4n) is 1.56. The van der Waals surface area contributed by atoms with E-state index < -0.39 is 40.1 Å². The molecule has 1 rings (SSSR count). The summed E-state index contributed by atoms with van der Waals surface area (Å²) in [5.74, 6) is -7.25. The maximum atomic E-state index is 13.5. The number of halogens is 3. The number of aromatic hydroxyl groups is 1. The normalized spacial score (nSPS) is 11.5. The standard InChI is InChI=1S/C13H16F3NO3/c1-13(2,3-4-18)6-17-12(20)7-5-8(14)10(16)11(19)9(7)15/h5,18-19H,3-4,6H2,1-2H3,(H,17,20). The minimum Gasteiger partial charge on any atom is -0.503 e. The molecule has 7 heteroatoms. The van der Waals surface area contributed by atoms with Crippen molar-refractivity contribution in [1.29, 1.82) is 0 Å². The van der Waals surface area contributed by atoms with Gasteiger partial charge in [0.25, 0.3) is 5.91 Å². The van der Waals surface area contributed by atoms with Gasteiger partial charge >= 0.3 is 0 Å². The summed E-state index contributed by atoms with van der Waals surface area (Å²) in [5, 5.41) is 20.2. The molecule has 1 amide bonds. The molecule has 4 nitrogen and oxygen atoms in total. The van der Waals surface area contributed by atoms with E-state index in [1.165, 1.54) is 0 Å². The van der Waals surface area contributed by atoms with E-state index in [4.69, 9.17) is 10.2 Å². The molecule has 0 saturated carbocycles. The van der Waals surface area contributed by atoms with Gasteiger partial charge in [-0.05, 0) is 17.9 Å². The van der Waals surface area contributed by atoms with Crippen LogP contribution in [0.2, 0.25) is 0 Å². The predicted molar refractivity (Wildman–Crippen MR) is 65.8 cm³/mol. The molecular weight excluding hydrogens is 275 g/mol. The number of phenolic OH excluding ortho intramolecular Hbond substituents is 1. The van der Waals surface area contributed by atoms with Gasteiger partial charge in [-0.2, -0.15) is 4.39 Å². The fourth-order valence-corrected chi connectivity index (χ4v) is 1.56. The maximum Gasteiger partial charge on any atom is 0.254 e. The van der Waals surface area contributed by atoms with Gasteiger partial charge in [0.05, 0.1) is 5.56 Å². The molecule has 0 bridgehead atoms. The van der Waals surface area contributed by atoms with Crippen molar-refractivity contribution in [1.82, 2.24) is 5.32 Å². The third-order valence-electron chi connectivity index (χ3n) is 2.89. The van der Waals surface area contributed by atoms with Gasteiger partial charge in [-0.3, -0.25) is 4.79 Å². The molecule has 0 saturated heterocycles. The number of hydrogen-bond acceptors (Lipinski definition) is 3. The van der Waals surface area contributed by atoms with Gasteiger partial charge in [0, 0.05) is 13.2 Å². The highest BCUT2D eigenvalue weighted by Gasteiger charge is 2.24. The molecule has 0 heterocycles. The Morgan fingerprint density at radius 2 is 1.90 bits per heavy atom. The van der Waals surface area contributed by atoms with Crippen LogP contribution in [-0.4, -0.2) is 29.3 Å². The Balaban J connectivity index is 2.89. The molecule has 1 aromatic rings. The Labute approximate surface area is 114 Å². The SMILES string of the molecule is CC(C)(CCO)CNC(=O)c1cc(F)c(F)c(O)c1F. The van der Waals surface area contributed by atoms with Gasteiger partial charge in [0.1, 0.15) is 0 Å². The van der Waals surface area contributed by atoms with Crippen molar-refractivity contribution >= 4 is 5.91 Å². The van der Waals surface area contributed by atoms with Gasteiger partial charge in [-0.1, -0.05) is 13.8 Å². The number of nitrogens with one attached hydrogen (secondary N) is 1. The van der Waals surface area contributed by atoms with E-state index in [1.807, 2.05) is 0 Å². The van der Waals surface area contributed by atoms with Gasteiger partial charge < -0.3 is 15.5 Å². The Kier molecular flexibility index (Phi) is 4.99. The van der Waals surface area contributed by atoms with Crippen LogP contribution in [0.4, 0.5) is 13.2 Å². The molecule has 0 unspecified atom stereocenters. The minimum absolute atomic E-state index is 0.0802. The Morgan fingerprint density at radius 3 is 2.45 bits per heavy atom. The van der Waals surface area contributed by atoms with Gasteiger partial charge in [0.15, 0.2) is 17.4 Å². The van der Waals surface area contributed by atoms with Crippen molar-refractivity contribution in [2.24, 2.45) is 5.41 Å². The number of rotatable bonds is 5. The highest BCUT2D eigenvalue weighted by atomic mass is 19.2. The third-order valence-corrected chi connectivity index (χ3v) is 2.89. The molecule has 20 heavy (non-hydrogen) atoms. The van der Waals surface area contributed by atoms with E-state index in [0.717, 1.165) is 0 Å². The molecule has 1 aromatic carbocycles. The largest absolute Gasteiger partial charge is 0.503 e. The number of hydrogen-bond donors (Lipinski definition) is 3. The zero-order chi connectivity index (χ0) is 15.5. The summed E-state index contributed by atoms with van der Waals surface area (Å²) in [6.07, 6.45) is 0.402. The number of phenols is 1. The van der Waals surface area contributed by atoms with E-state index in [0.29, 0.717) is 12.5 Å². The minimum atomic E-state index is -1.74. The quantitative estimate of drug-likeness (QED) is 0.726. The van der Waals surface area contributed by atoms with Crippen molar-refractivity contribution < 1.29 is 28.2 Å². The van der Waals surface area contributed by atoms with E-state index in [9.17, 15) is 18.0 Å². The second-order valence-corrected chi connectivity index (χ2v) is 5.20. The Bertz CT molecular complexity index is 518. The summed E-state index contributed by atoms with van der Waals surface area (Å²) in [4.78, 5) is 11.7. The molecule has 0 aliphatic heterocycles. The number of aliphatic hydroxyl groups is 1. The van der Waals surface area contributed by atoms with Crippen molar-refractivity contribution in [3.63, 3.8) is 0 Å². The summed E-state index contributed by atoms with van der Waals surface area (Å²) in [5.41, 5.74) is -1.22. The lowest BCUT2D eigenvalue weighted by Crippen LogP contribution is -2.35. The van der Waals surface area contributed by atoms with Crippen molar-refractivity contribution in [2.45, 2.75) is 20.3 Å². The number of carbonyl (C=O) groups excluding carboxylic acids is 1. The molecule has 0 spiro atoms. The summed E-state index contributed by atoms with van der Waals surface area (Å²) in [7, 11) is 0. The summed E-state index contributed by atoms with van der Waals surface area (Å²) < 4.78 is 39.4. The second-order valence-electron chi connectivity index (χ2n) is 5.20. The molecule has 0 fully saturated rings. The van der Waals surface area contributed by atoms with E-state index in [1.54, 1.807) is 13.8 Å². The predicted octanol–water partition coefficient (Wildman–Crippen LogP) is 1.95. The highest BCUT2D eigenvalue weighted by Crippen LogP contribution is 2.26. The van der Waals surface area contributed by atoms with Gasteiger partial charge in [-0.25, -0.2) is 8.78 Å². The van der Waals surface area contributed by atoms with E-state index >= 15 is 0 Å². The average molecular weight is 291 g/mol. The smallest absolute Gasteiger partial charge is 0.254 e. The molecule has 0 radical (unpaired) electrons. The lowest BCUT2D eigenvalue weighted by atomic mass is 9.89. The van der Waals surface area contributed by atoms with Crippen LogP contribution in [0.3, 0.4) is 0 Å². The van der Waals surface area contributed by atoms with E-state index in [-0.39, 0.29) is 13.2 Å². The van der Waals surface area contributed by atoms with Crippen LogP contribution in [0.5, 0.6) is 5.75 Å². The first kappa shape index (κ1) is 16.3. The first-order valence-electron chi connectivity index (χ1n) is 5.95. The Morgan fingerprint density at radius 1 is 1.30 bits per heavy atom. The van der Waals surface area contributed by atoms with Crippen LogP contribution in [0.25, 0.3) is 0 Å². The van der Waals surface area contributed by atoms with Crippen LogP contribution in [-0.2, 0) is 0 Å².